The molecule has 3 N–H and O–H groups in total. The van der Waals surface area contributed by atoms with Gasteiger partial charge in [-0.15, -0.1) is 0 Å². The summed E-state index contributed by atoms with van der Waals surface area (Å²) < 4.78 is 2.54. The van der Waals surface area contributed by atoms with Crippen molar-refractivity contribution in [3.8, 4) is 0 Å². The number of hydrogen-bond acceptors (Lipinski definition) is 3. The Labute approximate surface area is 126 Å². The number of nitrogens with one attached hydrogen (secondary N) is 1. The maximum absolute atomic E-state index is 12.1. The monoisotopic (exact) mass is 336 g/mol. The lowest BCUT2D eigenvalue weighted by molar-refractivity contribution is -0.116. The number of nitrogens with zero attached hydrogens (tertiary/aromatic N) is 2. The van der Waals surface area contributed by atoms with Gasteiger partial charge in [0, 0.05) is 10.2 Å². The molecule has 0 atom stereocenters. The maximum Gasteiger partial charge on any atom is 0.246 e. The third kappa shape index (κ3) is 3.01. The van der Waals surface area contributed by atoms with E-state index >= 15 is 0 Å². The van der Waals surface area contributed by atoms with Crippen molar-refractivity contribution >= 4 is 33.2 Å². The second kappa shape index (κ2) is 5.66. The molecule has 0 aliphatic heterocycles. The Bertz CT molecular complexity index is 663. The quantitative estimate of drug-likeness (QED) is 0.905. The number of nitrogen functional groups attached to an aromatic ring is 1. The van der Waals surface area contributed by atoms with Crippen LogP contribution < -0.4 is 11.1 Å². The van der Waals surface area contributed by atoms with E-state index in [2.05, 4.69) is 26.3 Å². The molecule has 0 aliphatic carbocycles. The molecular formula is C14H17BrN4O. The summed E-state index contributed by atoms with van der Waals surface area (Å²) in [5.74, 6) is -0.128. The highest BCUT2D eigenvalue weighted by Crippen LogP contribution is 2.21. The Balaban J connectivity index is 2.13. The number of aromatic nitrogens is 2. The number of carbonyl (C=O) groups excluding carboxylic acids is 1. The fourth-order valence-corrected chi connectivity index (χ4v) is 2.28. The summed E-state index contributed by atoms with van der Waals surface area (Å²) in [4.78, 5) is 12.1. The molecule has 0 saturated carbocycles. The minimum Gasteiger partial charge on any atom is -0.396 e. The Morgan fingerprint density at radius 2 is 2.10 bits per heavy atom. The van der Waals surface area contributed by atoms with Gasteiger partial charge >= 0.3 is 0 Å². The first-order valence-corrected chi connectivity index (χ1v) is 7.03. The summed E-state index contributed by atoms with van der Waals surface area (Å²) in [7, 11) is 0. The summed E-state index contributed by atoms with van der Waals surface area (Å²) in [5.41, 5.74) is 9.84. The highest BCUT2D eigenvalue weighted by Gasteiger charge is 2.12. The summed E-state index contributed by atoms with van der Waals surface area (Å²) in [5, 5.41) is 7.14. The molecule has 0 radical (unpaired) electrons. The van der Waals surface area contributed by atoms with E-state index in [1.807, 2.05) is 39.0 Å². The number of rotatable bonds is 3. The lowest BCUT2D eigenvalue weighted by Crippen LogP contribution is -2.20. The predicted molar refractivity (Wildman–Crippen MR) is 83.6 cm³/mol. The lowest BCUT2D eigenvalue weighted by atomic mass is 10.2. The molecule has 0 aliphatic rings. The van der Waals surface area contributed by atoms with Crippen LogP contribution in [0.3, 0.4) is 0 Å². The van der Waals surface area contributed by atoms with Crippen molar-refractivity contribution in [2.24, 2.45) is 0 Å². The van der Waals surface area contributed by atoms with Gasteiger partial charge in [-0.2, -0.15) is 5.10 Å². The van der Waals surface area contributed by atoms with Gasteiger partial charge in [0.2, 0.25) is 5.91 Å². The second-order valence-electron chi connectivity index (χ2n) is 4.75. The molecule has 0 unspecified atom stereocenters. The zero-order chi connectivity index (χ0) is 14.9. The van der Waals surface area contributed by atoms with E-state index in [4.69, 9.17) is 5.73 Å². The molecule has 1 heterocycles. The molecule has 0 spiro atoms. The van der Waals surface area contributed by atoms with Gasteiger partial charge < -0.3 is 11.1 Å². The third-order valence-corrected chi connectivity index (χ3v) is 3.70. The highest BCUT2D eigenvalue weighted by molar-refractivity contribution is 9.10. The fraction of sp³-hybridized carbons (Fsp3) is 0.286. The molecule has 2 rings (SSSR count). The summed E-state index contributed by atoms with van der Waals surface area (Å²) in [6, 6.07) is 5.76. The Kier molecular flexibility index (Phi) is 4.13. The van der Waals surface area contributed by atoms with E-state index in [1.54, 1.807) is 4.68 Å². The number of carbonyl (C=O) groups is 1. The standard InChI is InChI=1S/C14H17BrN4O/c1-8-4-5-11(15)6-12(8)17-13(20)7-19-10(3)14(16)9(2)18-19/h4-6H,7,16H2,1-3H3,(H,17,20). The third-order valence-electron chi connectivity index (χ3n) is 3.20. The van der Waals surface area contributed by atoms with Crippen LogP contribution in [0, 0.1) is 20.8 Å². The molecule has 6 heteroatoms. The van der Waals surface area contributed by atoms with E-state index in [1.165, 1.54) is 0 Å². The summed E-state index contributed by atoms with van der Waals surface area (Å²) >= 11 is 3.39. The van der Waals surface area contributed by atoms with Crippen molar-refractivity contribution in [3.05, 3.63) is 39.6 Å². The molecular weight excluding hydrogens is 320 g/mol. The number of benzene rings is 1. The minimum absolute atomic E-state index is 0.128. The summed E-state index contributed by atoms with van der Waals surface area (Å²) in [6.45, 7) is 5.78. The van der Waals surface area contributed by atoms with Gasteiger partial charge in [-0.3, -0.25) is 9.48 Å². The van der Waals surface area contributed by atoms with Crippen LogP contribution >= 0.6 is 15.9 Å². The smallest absolute Gasteiger partial charge is 0.246 e. The van der Waals surface area contributed by atoms with Gasteiger partial charge in [-0.1, -0.05) is 22.0 Å². The van der Waals surface area contributed by atoms with Crippen LogP contribution in [0.1, 0.15) is 17.0 Å². The van der Waals surface area contributed by atoms with Crippen LogP contribution in [0.5, 0.6) is 0 Å². The Morgan fingerprint density at radius 1 is 1.40 bits per heavy atom. The van der Waals surface area contributed by atoms with Gasteiger partial charge in [0.05, 0.1) is 17.1 Å². The first kappa shape index (κ1) is 14.6. The van der Waals surface area contributed by atoms with Crippen LogP contribution in [-0.2, 0) is 11.3 Å². The topological polar surface area (TPSA) is 72.9 Å². The molecule has 1 aromatic heterocycles. The van der Waals surface area contributed by atoms with E-state index in [0.29, 0.717) is 5.69 Å². The molecule has 0 fully saturated rings. The highest BCUT2D eigenvalue weighted by atomic mass is 79.9. The molecule has 1 aromatic carbocycles. The number of halogens is 1. The van der Waals surface area contributed by atoms with E-state index in [0.717, 1.165) is 27.1 Å². The lowest BCUT2D eigenvalue weighted by Gasteiger charge is -2.09. The van der Waals surface area contributed by atoms with Crippen LogP contribution in [-0.4, -0.2) is 15.7 Å². The number of amides is 1. The Hall–Kier alpha value is -1.82. The van der Waals surface area contributed by atoms with Crippen LogP contribution in [0.15, 0.2) is 22.7 Å². The molecule has 2 aromatic rings. The van der Waals surface area contributed by atoms with Crippen molar-refractivity contribution < 1.29 is 4.79 Å². The number of hydrogen-bond donors (Lipinski definition) is 2. The van der Waals surface area contributed by atoms with E-state index in [9.17, 15) is 4.79 Å². The molecule has 1 amide bonds. The van der Waals surface area contributed by atoms with Crippen molar-refractivity contribution in [1.29, 1.82) is 0 Å². The average molecular weight is 337 g/mol. The van der Waals surface area contributed by atoms with Gasteiger partial charge in [0.25, 0.3) is 0 Å². The van der Waals surface area contributed by atoms with Gasteiger partial charge in [-0.25, -0.2) is 0 Å². The second-order valence-corrected chi connectivity index (χ2v) is 5.67. The van der Waals surface area contributed by atoms with Gasteiger partial charge in [-0.05, 0) is 38.5 Å². The largest absolute Gasteiger partial charge is 0.396 e. The first-order valence-electron chi connectivity index (χ1n) is 6.24. The summed E-state index contributed by atoms with van der Waals surface area (Å²) in [6.07, 6.45) is 0. The van der Waals surface area contributed by atoms with Crippen molar-refractivity contribution in [2.45, 2.75) is 27.3 Å². The maximum atomic E-state index is 12.1. The Morgan fingerprint density at radius 3 is 2.70 bits per heavy atom. The van der Waals surface area contributed by atoms with Gasteiger partial charge in [0.15, 0.2) is 0 Å². The number of nitrogens with two attached hydrogens (primary N) is 1. The minimum atomic E-state index is -0.128. The molecule has 0 bridgehead atoms. The van der Waals surface area contributed by atoms with Crippen molar-refractivity contribution in [1.82, 2.24) is 9.78 Å². The number of anilines is 2. The van der Waals surface area contributed by atoms with Crippen molar-refractivity contribution in [2.75, 3.05) is 11.1 Å². The zero-order valence-electron chi connectivity index (χ0n) is 11.7. The molecule has 0 saturated heterocycles. The number of aryl methyl sites for hydroxylation is 2. The molecule has 106 valence electrons. The zero-order valence-corrected chi connectivity index (χ0v) is 13.3. The first-order chi connectivity index (χ1) is 9.38. The predicted octanol–water partition coefficient (Wildman–Crippen LogP) is 2.79. The normalized spacial score (nSPS) is 10.6. The van der Waals surface area contributed by atoms with Crippen LogP contribution in [0.4, 0.5) is 11.4 Å². The molecule has 20 heavy (non-hydrogen) atoms. The van der Waals surface area contributed by atoms with E-state index < -0.39 is 0 Å². The average Bonchev–Trinajstić information content (AvgIpc) is 2.61. The van der Waals surface area contributed by atoms with E-state index in [-0.39, 0.29) is 12.5 Å². The van der Waals surface area contributed by atoms with Crippen molar-refractivity contribution in [3.63, 3.8) is 0 Å². The SMILES string of the molecule is Cc1ccc(Br)cc1NC(=O)Cn1nc(C)c(N)c1C. The van der Waals surface area contributed by atoms with Crippen LogP contribution in [0.2, 0.25) is 0 Å². The fourth-order valence-electron chi connectivity index (χ4n) is 1.92. The molecule has 5 nitrogen and oxygen atoms in total. The van der Waals surface area contributed by atoms with Crippen LogP contribution in [0.25, 0.3) is 0 Å². The van der Waals surface area contributed by atoms with Gasteiger partial charge in [0.1, 0.15) is 6.54 Å².